The topological polar surface area (TPSA) is 47.0 Å². The molecule has 1 N–H and O–H groups in total. The van der Waals surface area contributed by atoms with E-state index >= 15 is 0 Å². The smallest absolute Gasteiger partial charge is 0.168 e. The van der Waals surface area contributed by atoms with Gasteiger partial charge in [-0.15, -0.1) is 0 Å². The molecule has 4 nitrogen and oxygen atoms in total. The summed E-state index contributed by atoms with van der Waals surface area (Å²) >= 11 is 0. The van der Waals surface area contributed by atoms with Gasteiger partial charge in [-0.05, 0) is 25.1 Å². The molecule has 2 rings (SSSR count). The minimum atomic E-state index is -0.318. The van der Waals surface area contributed by atoms with Crippen molar-refractivity contribution in [2.75, 3.05) is 14.2 Å². The lowest BCUT2D eigenvalue weighted by Crippen LogP contribution is -2.19. The number of nitrogens with zero attached hydrogens (tertiary/aromatic N) is 2. The molecule has 19 heavy (non-hydrogen) atoms. The zero-order valence-corrected chi connectivity index (χ0v) is 10.9. The summed E-state index contributed by atoms with van der Waals surface area (Å²) in [6.07, 6.45) is 5.44. The molecule has 0 aliphatic carbocycles. The van der Waals surface area contributed by atoms with Gasteiger partial charge in [-0.2, -0.15) is 0 Å². The second-order valence-corrected chi connectivity index (χ2v) is 4.15. The molecule has 0 aliphatic heterocycles. The summed E-state index contributed by atoms with van der Waals surface area (Å²) in [6, 6.07) is 5.11. The number of aromatic nitrogens is 2. The van der Waals surface area contributed by atoms with Crippen LogP contribution < -0.4 is 10.1 Å². The number of nitrogens with one attached hydrogen (secondary N) is 1. The maximum absolute atomic E-state index is 14.1. The zero-order valence-electron chi connectivity index (χ0n) is 10.9. The van der Waals surface area contributed by atoms with Crippen molar-refractivity contribution in [2.24, 2.45) is 0 Å². The number of halogens is 1. The van der Waals surface area contributed by atoms with Crippen LogP contribution in [0.15, 0.2) is 36.9 Å². The number of hydrogen-bond donors (Lipinski definition) is 1. The normalized spacial score (nSPS) is 12.2. The van der Waals surface area contributed by atoms with Crippen molar-refractivity contribution >= 4 is 0 Å². The second kappa shape index (κ2) is 6.24. The van der Waals surface area contributed by atoms with Gasteiger partial charge in [0.05, 0.1) is 7.11 Å². The number of ether oxygens (including phenoxy) is 1. The molecule has 1 heterocycles. The van der Waals surface area contributed by atoms with E-state index in [1.54, 1.807) is 30.6 Å². The molecule has 1 aromatic heterocycles. The SMILES string of the molecule is CNC(Cc1cccc(OC)c1F)c1cncnc1. The molecule has 0 amide bonds. The van der Waals surface area contributed by atoms with E-state index in [0.29, 0.717) is 12.0 Å². The molecular formula is C14H16FN3O. The van der Waals surface area contributed by atoms with Gasteiger partial charge in [-0.3, -0.25) is 0 Å². The Morgan fingerprint density at radius 3 is 2.68 bits per heavy atom. The van der Waals surface area contributed by atoms with Crippen molar-refractivity contribution in [1.29, 1.82) is 0 Å². The van der Waals surface area contributed by atoms with E-state index in [1.807, 2.05) is 7.05 Å². The summed E-state index contributed by atoms with van der Waals surface area (Å²) in [7, 11) is 3.29. The van der Waals surface area contributed by atoms with Crippen LogP contribution in [0, 0.1) is 5.82 Å². The highest BCUT2D eigenvalue weighted by Gasteiger charge is 2.15. The zero-order chi connectivity index (χ0) is 13.7. The fourth-order valence-corrected chi connectivity index (χ4v) is 1.97. The first-order valence-corrected chi connectivity index (χ1v) is 5.99. The van der Waals surface area contributed by atoms with Crippen molar-refractivity contribution in [1.82, 2.24) is 15.3 Å². The maximum Gasteiger partial charge on any atom is 0.168 e. The Labute approximate surface area is 111 Å². The summed E-state index contributed by atoms with van der Waals surface area (Å²) in [5.74, 6) is -0.0567. The van der Waals surface area contributed by atoms with Gasteiger partial charge in [0.15, 0.2) is 11.6 Å². The van der Waals surface area contributed by atoms with Gasteiger partial charge >= 0.3 is 0 Å². The van der Waals surface area contributed by atoms with Crippen LogP contribution >= 0.6 is 0 Å². The first-order valence-electron chi connectivity index (χ1n) is 5.99. The molecule has 2 aromatic rings. The van der Waals surface area contributed by atoms with Crippen LogP contribution in [0.5, 0.6) is 5.75 Å². The molecule has 0 fully saturated rings. The van der Waals surface area contributed by atoms with Crippen LogP contribution in [0.1, 0.15) is 17.2 Å². The van der Waals surface area contributed by atoms with E-state index in [4.69, 9.17) is 4.74 Å². The molecule has 1 unspecified atom stereocenters. The molecule has 0 saturated carbocycles. The number of hydrogen-bond acceptors (Lipinski definition) is 4. The fraction of sp³-hybridized carbons (Fsp3) is 0.286. The Bertz CT molecular complexity index is 533. The lowest BCUT2D eigenvalue weighted by molar-refractivity contribution is 0.383. The van der Waals surface area contributed by atoms with Gasteiger partial charge in [0.25, 0.3) is 0 Å². The first-order chi connectivity index (χ1) is 9.26. The van der Waals surface area contributed by atoms with Crippen LogP contribution in [-0.2, 0) is 6.42 Å². The van der Waals surface area contributed by atoms with Crippen molar-refractivity contribution in [3.05, 3.63) is 53.9 Å². The average Bonchev–Trinajstić information content (AvgIpc) is 2.47. The molecule has 0 aliphatic rings. The minimum Gasteiger partial charge on any atom is -0.494 e. The molecule has 1 atom stereocenters. The van der Waals surface area contributed by atoms with E-state index in [0.717, 1.165) is 5.56 Å². The predicted octanol–water partition coefficient (Wildman–Crippen LogP) is 2.13. The van der Waals surface area contributed by atoms with E-state index in [2.05, 4.69) is 15.3 Å². The van der Waals surface area contributed by atoms with Crippen LogP contribution in [0.3, 0.4) is 0 Å². The number of methoxy groups -OCH3 is 1. The Morgan fingerprint density at radius 2 is 2.05 bits per heavy atom. The molecule has 0 spiro atoms. The fourth-order valence-electron chi connectivity index (χ4n) is 1.97. The second-order valence-electron chi connectivity index (χ2n) is 4.15. The van der Waals surface area contributed by atoms with Crippen LogP contribution in [0.25, 0.3) is 0 Å². The Kier molecular flexibility index (Phi) is 4.41. The summed E-state index contributed by atoms with van der Waals surface area (Å²) in [6.45, 7) is 0. The molecular weight excluding hydrogens is 245 g/mol. The number of rotatable bonds is 5. The van der Waals surface area contributed by atoms with Gasteiger partial charge in [-0.25, -0.2) is 14.4 Å². The third-order valence-corrected chi connectivity index (χ3v) is 3.02. The van der Waals surface area contributed by atoms with Crippen molar-refractivity contribution < 1.29 is 9.13 Å². The first kappa shape index (κ1) is 13.4. The number of benzene rings is 1. The third-order valence-electron chi connectivity index (χ3n) is 3.02. The lowest BCUT2D eigenvalue weighted by atomic mass is 10.0. The molecule has 0 saturated heterocycles. The Balaban J connectivity index is 2.24. The maximum atomic E-state index is 14.1. The Morgan fingerprint density at radius 1 is 1.32 bits per heavy atom. The van der Waals surface area contributed by atoms with Gasteiger partial charge in [0, 0.05) is 24.0 Å². The standard InChI is InChI=1S/C14H16FN3O/c1-16-12(11-7-17-9-18-8-11)6-10-4-3-5-13(19-2)14(10)15/h3-5,7-9,12,16H,6H2,1-2H3. The quantitative estimate of drug-likeness (QED) is 0.895. The van der Waals surface area contributed by atoms with E-state index in [9.17, 15) is 4.39 Å². The van der Waals surface area contributed by atoms with Crippen molar-refractivity contribution in [3.8, 4) is 5.75 Å². The minimum absolute atomic E-state index is 0.0391. The summed E-state index contributed by atoms with van der Waals surface area (Å²) in [5.41, 5.74) is 1.52. The van der Waals surface area contributed by atoms with E-state index in [-0.39, 0.29) is 17.6 Å². The van der Waals surface area contributed by atoms with E-state index in [1.165, 1.54) is 13.4 Å². The van der Waals surface area contributed by atoms with Crippen LogP contribution in [-0.4, -0.2) is 24.1 Å². The van der Waals surface area contributed by atoms with Crippen LogP contribution in [0.4, 0.5) is 4.39 Å². The summed E-state index contributed by atoms with van der Waals surface area (Å²) < 4.78 is 19.1. The van der Waals surface area contributed by atoms with Gasteiger partial charge in [0.2, 0.25) is 0 Å². The van der Waals surface area contributed by atoms with Gasteiger partial charge in [0.1, 0.15) is 6.33 Å². The lowest BCUT2D eigenvalue weighted by Gasteiger charge is -2.17. The van der Waals surface area contributed by atoms with Gasteiger partial charge in [-0.1, -0.05) is 12.1 Å². The van der Waals surface area contributed by atoms with Gasteiger partial charge < -0.3 is 10.1 Å². The largest absolute Gasteiger partial charge is 0.494 e. The molecule has 5 heteroatoms. The number of likely N-dealkylation sites (N-methyl/N-ethyl adjacent to an activating group) is 1. The molecule has 1 aromatic carbocycles. The van der Waals surface area contributed by atoms with Crippen molar-refractivity contribution in [3.63, 3.8) is 0 Å². The monoisotopic (exact) mass is 261 g/mol. The Hall–Kier alpha value is -2.01. The molecule has 0 bridgehead atoms. The molecule has 0 radical (unpaired) electrons. The highest BCUT2D eigenvalue weighted by molar-refractivity contribution is 5.32. The highest BCUT2D eigenvalue weighted by atomic mass is 19.1. The highest BCUT2D eigenvalue weighted by Crippen LogP contribution is 2.24. The third kappa shape index (κ3) is 3.06. The predicted molar refractivity (Wildman–Crippen MR) is 70.5 cm³/mol. The average molecular weight is 261 g/mol. The van der Waals surface area contributed by atoms with Crippen LogP contribution in [0.2, 0.25) is 0 Å². The van der Waals surface area contributed by atoms with E-state index < -0.39 is 0 Å². The molecule has 100 valence electrons. The summed E-state index contributed by atoms with van der Waals surface area (Å²) in [5, 5.41) is 3.14. The van der Waals surface area contributed by atoms with Crippen molar-refractivity contribution in [2.45, 2.75) is 12.5 Å². The summed E-state index contributed by atoms with van der Waals surface area (Å²) in [4.78, 5) is 7.96.